The lowest BCUT2D eigenvalue weighted by Crippen LogP contribution is -2.41. The van der Waals surface area contributed by atoms with E-state index in [9.17, 15) is 4.39 Å². The number of nitrogens with zero attached hydrogens (tertiary/aromatic N) is 3. The molecule has 3 fully saturated rings. The standard InChI is InChI=1S/C22H23BO2.C21H12ClN3O.C16H11Cl.C12H24B2O4.C10H8BO2.C6H4BrCl.CH3F/c1-21(2)22(3,4)25-23(24-21)20-13-11-17(12-14-20)19-10-9-16-7-5-6-8-18(16)15-19;22-21-24-19(13-6-2-1-3-7-13)23-20(25-21)14-10-11-16-15-8-4-5-9-17(15)26-18(16)12-14;17-16-9-7-13(8-10-16)15-6-5-12-3-1-2-4-14(12)11-15;1-9(2)10(3,4)16-13(15-9)14-17-11(5,6)12(7,8)18-14;12-11-13-10-6-5-8-3-1-2-4-9(8)7-10;7-5-1-3-6(8)4-2-5;1-2/h5-15H,1-4H3;1-12H;1-11H;1-8H3;1-7,12H;1-4H;1H3/i;;;;;;1D. The van der Waals surface area contributed by atoms with Crippen LogP contribution in [0.3, 0.4) is 0 Å². The molecular weight excluding hydrogens is 1490 g/mol. The van der Waals surface area contributed by atoms with E-state index in [1.54, 1.807) is 0 Å². The molecule has 12 aromatic carbocycles. The molecule has 3 aliphatic rings. The molecule has 0 unspecified atom stereocenters. The second kappa shape index (κ2) is 35.1. The van der Waals surface area contributed by atoms with E-state index in [0.717, 1.165) is 63.8 Å². The van der Waals surface area contributed by atoms with Crippen molar-refractivity contribution in [2.75, 3.05) is 7.15 Å². The number of rotatable bonds is 8. The minimum Gasteiger partial charge on any atom is -0.537 e. The van der Waals surface area contributed by atoms with Crippen molar-refractivity contribution in [3.05, 3.63) is 293 Å². The maximum Gasteiger partial charge on any atom is 0.569 e. The van der Waals surface area contributed by atoms with Crippen LogP contribution in [0.5, 0.6) is 5.75 Å². The smallest absolute Gasteiger partial charge is 0.537 e. The maximum absolute atomic E-state index is 9.96. The number of fused-ring (bicyclic) bond motifs is 6. The number of aromatic nitrogens is 3. The molecule has 0 saturated carbocycles. The van der Waals surface area contributed by atoms with E-state index in [2.05, 4.69) is 168 Å². The van der Waals surface area contributed by atoms with Gasteiger partial charge in [0.05, 0.1) is 42.1 Å². The fourth-order valence-electron chi connectivity index (χ4n) is 12.0. The first-order valence-corrected chi connectivity index (χ1v) is 37.5. The molecule has 1 N–H and O–H groups in total. The quantitative estimate of drug-likeness (QED) is 0.145. The number of furan rings is 1. The van der Waals surface area contributed by atoms with Crippen LogP contribution < -0.4 is 10.1 Å². The summed E-state index contributed by atoms with van der Waals surface area (Å²) in [7, 11) is -1.58. The molecule has 21 heteroatoms. The zero-order valence-electron chi connectivity index (χ0n) is 63.9. The zero-order valence-corrected chi connectivity index (χ0v) is 66.8. The van der Waals surface area contributed by atoms with Crippen molar-refractivity contribution in [1.29, 1.82) is 0 Å². The summed E-state index contributed by atoms with van der Waals surface area (Å²) >= 11 is 20.9. The molecule has 0 amide bonds. The van der Waals surface area contributed by atoms with Crippen LogP contribution in [-0.2, 0) is 27.9 Å². The third-order valence-corrected chi connectivity index (χ3v) is 21.4. The van der Waals surface area contributed by atoms with Gasteiger partial charge in [-0.3, -0.25) is 4.39 Å². The van der Waals surface area contributed by atoms with E-state index >= 15 is 0 Å². The number of halogens is 5. The normalized spacial score (nSPS) is 15.9. The van der Waals surface area contributed by atoms with Crippen LogP contribution in [0.1, 0.15) is 84.5 Å². The second-order valence-corrected chi connectivity index (χ2v) is 31.3. The number of hydrogen-bond acceptors (Lipinski definition) is 12. The Morgan fingerprint density at radius 3 is 1.24 bits per heavy atom. The van der Waals surface area contributed by atoms with Crippen molar-refractivity contribution in [1.82, 2.24) is 15.0 Å². The highest BCUT2D eigenvalue weighted by atomic mass is 79.9. The lowest BCUT2D eigenvalue weighted by molar-refractivity contribution is 0.00578. The average Bonchev–Trinajstić information content (AvgIpc) is 1.61. The molecule has 12 nitrogen and oxygen atoms in total. The molecule has 0 aliphatic carbocycles. The van der Waals surface area contributed by atoms with Gasteiger partial charge in [-0.05, 0) is 234 Å². The first-order chi connectivity index (χ1) is 52.4. The Hall–Kier alpha value is -8.71. The summed E-state index contributed by atoms with van der Waals surface area (Å²) in [5, 5.41) is 19.6. The van der Waals surface area contributed by atoms with Crippen molar-refractivity contribution in [2.45, 2.75) is 117 Å². The molecule has 0 atom stereocenters. The molecule has 14 aromatic rings. The Morgan fingerprint density at radius 2 is 0.761 bits per heavy atom. The minimum atomic E-state index is -1.00. The van der Waals surface area contributed by atoms with Crippen LogP contribution >= 0.6 is 50.7 Å². The topological polar surface area (TPSA) is 137 Å². The van der Waals surface area contributed by atoms with E-state index in [1.165, 1.54) is 43.8 Å². The summed E-state index contributed by atoms with van der Waals surface area (Å²) in [5.41, 5.74) is 7.21. The van der Waals surface area contributed by atoms with Gasteiger partial charge >= 0.3 is 28.8 Å². The molecule has 17 rings (SSSR count). The summed E-state index contributed by atoms with van der Waals surface area (Å²) in [5.74, 6) is 1.71. The second-order valence-electron chi connectivity index (χ2n) is 29.2. The van der Waals surface area contributed by atoms with Gasteiger partial charge in [0.1, 0.15) is 16.9 Å². The van der Waals surface area contributed by atoms with E-state index in [4.69, 9.17) is 78.2 Å². The van der Waals surface area contributed by atoms with Crippen LogP contribution in [-0.4, -0.2) is 89.6 Å². The number of benzene rings is 12. The Bertz CT molecular complexity index is 5320. The maximum atomic E-state index is 9.96. The first-order valence-electron chi connectivity index (χ1n) is 36.3. The van der Waals surface area contributed by atoms with Crippen molar-refractivity contribution in [3.8, 4) is 50.8 Å². The molecule has 553 valence electrons. The van der Waals surface area contributed by atoms with E-state index in [0.29, 0.717) is 25.1 Å². The van der Waals surface area contributed by atoms with Crippen molar-refractivity contribution < 1.29 is 47.8 Å². The van der Waals surface area contributed by atoms with E-state index < -0.39 is 21.2 Å². The Labute approximate surface area is 664 Å². The fourth-order valence-corrected chi connectivity index (χ4v) is 12.7. The van der Waals surface area contributed by atoms with Gasteiger partial charge in [-0.25, -0.2) is 4.98 Å². The molecule has 0 bridgehead atoms. The van der Waals surface area contributed by atoms with Crippen molar-refractivity contribution in [3.63, 3.8) is 0 Å². The highest BCUT2D eigenvalue weighted by Gasteiger charge is 2.64. The number of hydrogen-bond donors (Lipinski definition) is 1. The van der Waals surface area contributed by atoms with Crippen molar-refractivity contribution in [2.24, 2.45) is 0 Å². The first kappa shape index (κ1) is 79.8. The van der Waals surface area contributed by atoms with Crippen LogP contribution in [0.15, 0.2) is 282 Å². The van der Waals surface area contributed by atoms with Crippen molar-refractivity contribution >= 4 is 139 Å². The highest BCUT2D eigenvalue weighted by Crippen LogP contribution is 2.44. The van der Waals surface area contributed by atoms with Gasteiger partial charge in [0.15, 0.2) is 11.6 Å². The predicted molar refractivity (Wildman–Crippen MR) is 453 cm³/mol. The molecular formula is C88H85B4BrCl3FN3O9. The molecule has 1 radical (unpaired) electrons. The van der Waals surface area contributed by atoms with Gasteiger partial charge in [-0.2, -0.15) is 9.97 Å². The third-order valence-electron chi connectivity index (χ3n) is 20.2. The largest absolute Gasteiger partial charge is 0.569 e. The van der Waals surface area contributed by atoms with E-state index in [-0.39, 0.29) is 46.0 Å². The summed E-state index contributed by atoms with van der Waals surface area (Å²) in [6, 6.07) is 91.1. The summed E-state index contributed by atoms with van der Waals surface area (Å²) in [4.78, 5) is 13.1. The number of para-hydroxylation sites is 1. The average molecular weight is 1580 g/mol. The van der Waals surface area contributed by atoms with Gasteiger partial charge in [0, 0.05) is 36.4 Å². The van der Waals surface area contributed by atoms with Gasteiger partial charge in [-0.15, -0.1) is 0 Å². The zero-order chi connectivity index (χ0) is 78.6. The Balaban J connectivity index is 0.000000134. The van der Waals surface area contributed by atoms with Gasteiger partial charge in [0.2, 0.25) is 5.28 Å². The molecule has 5 heterocycles. The third kappa shape index (κ3) is 19.9. The SMILES string of the molecule is CC1(C)OB(B2OC(C)(C)C(C)(C)O2)OC1(C)C.CC1(C)OB(c2ccc(-c3ccc4ccccc4c3)cc2)OC1(C)C.Clc1ccc(-c2ccc3ccccc3c2)cc1.Clc1ccc(Br)cc1.Clc1nc(-c2ccccc2)nc(-c2ccc3c(c2)oc2ccccc23)n1.O[B]Oc1ccc2ccccc2c1.[2H]CF. The van der Waals surface area contributed by atoms with Crippen LogP contribution in [0.2, 0.25) is 15.3 Å². The summed E-state index contributed by atoms with van der Waals surface area (Å²) < 4.78 is 63.5. The molecule has 3 aliphatic heterocycles. The Morgan fingerprint density at radius 1 is 0.385 bits per heavy atom. The van der Waals surface area contributed by atoms with Gasteiger partial charge in [-0.1, -0.05) is 233 Å². The fraction of sp³-hybridized carbons (Fsp3) is 0.216. The number of alkyl halides is 1. The highest BCUT2D eigenvalue weighted by molar-refractivity contribution is 9.10. The molecule has 2 aromatic heterocycles. The Kier molecular flexibility index (Phi) is 25.7. The van der Waals surface area contributed by atoms with Gasteiger partial charge < -0.3 is 42.0 Å². The van der Waals surface area contributed by atoms with Crippen LogP contribution in [0, 0.1) is 0 Å². The predicted octanol–water partition coefficient (Wildman–Crippen LogP) is 23.4. The summed E-state index contributed by atoms with van der Waals surface area (Å²) in [6.45, 7) is 24.5. The minimum absolute atomic E-state index is 0.165. The molecule has 3 saturated heterocycles. The monoisotopic (exact) mass is 1580 g/mol. The van der Waals surface area contributed by atoms with E-state index in [1.807, 2.05) is 219 Å². The lowest BCUT2D eigenvalue weighted by Gasteiger charge is -2.32. The van der Waals surface area contributed by atoms with Gasteiger partial charge in [0.25, 0.3) is 0 Å². The molecule has 0 spiro atoms. The van der Waals surface area contributed by atoms with Crippen LogP contribution in [0.4, 0.5) is 4.39 Å². The van der Waals surface area contributed by atoms with Crippen LogP contribution in [0.25, 0.3) is 99.3 Å². The lowest BCUT2D eigenvalue weighted by atomic mass is 9.49. The summed E-state index contributed by atoms with van der Waals surface area (Å²) in [6.07, 6.45) is 0. The molecule has 109 heavy (non-hydrogen) atoms.